The number of nitrogens with zero attached hydrogens (tertiary/aromatic N) is 3. The molecule has 2 aromatic heterocycles. The fourth-order valence-corrected chi connectivity index (χ4v) is 2.04. The first-order valence-electron chi connectivity index (χ1n) is 7.05. The summed E-state index contributed by atoms with van der Waals surface area (Å²) in [5.74, 6) is 0.524. The van der Waals surface area contributed by atoms with Gasteiger partial charge in [-0.1, -0.05) is 0 Å². The van der Waals surface area contributed by atoms with E-state index in [4.69, 9.17) is 4.42 Å². The van der Waals surface area contributed by atoms with Crippen molar-refractivity contribution in [3.63, 3.8) is 0 Å². The summed E-state index contributed by atoms with van der Waals surface area (Å²) in [6.07, 6.45) is 1.64. The molecule has 3 rings (SSSR count). The highest BCUT2D eigenvalue weighted by molar-refractivity contribution is 5.92. The third-order valence-electron chi connectivity index (χ3n) is 3.39. The maximum atomic E-state index is 12.9. The van der Waals surface area contributed by atoms with Crippen LogP contribution < -0.4 is 5.32 Å². The van der Waals surface area contributed by atoms with Crippen LogP contribution in [0.1, 0.15) is 27.8 Å². The van der Waals surface area contributed by atoms with Gasteiger partial charge in [0.2, 0.25) is 5.89 Å². The second kappa shape index (κ2) is 6.04. The number of aryl methyl sites for hydroxylation is 2. The Morgan fingerprint density at radius 3 is 2.65 bits per heavy atom. The summed E-state index contributed by atoms with van der Waals surface area (Å²) >= 11 is 0. The quantitative estimate of drug-likeness (QED) is 0.803. The van der Waals surface area contributed by atoms with E-state index < -0.39 is 0 Å². The van der Waals surface area contributed by atoms with E-state index in [2.05, 4.69) is 15.4 Å². The minimum absolute atomic E-state index is 0.191. The van der Waals surface area contributed by atoms with Crippen molar-refractivity contribution in [1.29, 1.82) is 0 Å². The second-order valence-corrected chi connectivity index (χ2v) is 5.05. The van der Waals surface area contributed by atoms with Crippen LogP contribution in [0.15, 0.2) is 40.9 Å². The molecular weight excluding hydrogens is 299 g/mol. The van der Waals surface area contributed by atoms with Crippen molar-refractivity contribution in [2.24, 2.45) is 0 Å². The Kier molecular flexibility index (Phi) is 3.92. The van der Waals surface area contributed by atoms with Crippen molar-refractivity contribution in [1.82, 2.24) is 20.1 Å². The van der Waals surface area contributed by atoms with Crippen molar-refractivity contribution in [2.75, 3.05) is 0 Å². The SMILES string of the molecule is Cc1nc(CNC(=O)c2ccn(-c3ccc(F)cc3)n2)oc1C. The average Bonchev–Trinajstić information content (AvgIpc) is 3.13. The van der Waals surface area contributed by atoms with Crippen molar-refractivity contribution in [3.8, 4) is 5.69 Å². The number of hydrogen-bond acceptors (Lipinski definition) is 4. The first-order chi connectivity index (χ1) is 11.0. The topological polar surface area (TPSA) is 73.0 Å². The summed E-state index contributed by atoms with van der Waals surface area (Å²) < 4.78 is 19.8. The van der Waals surface area contributed by atoms with E-state index in [1.54, 1.807) is 24.4 Å². The van der Waals surface area contributed by atoms with E-state index >= 15 is 0 Å². The largest absolute Gasteiger partial charge is 0.444 e. The van der Waals surface area contributed by atoms with Gasteiger partial charge in [0.1, 0.15) is 11.6 Å². The zero-order chi connectivity index (χ0) is 16.4. The minimum Gasteiger partial charge on any atom is -0.444 e. The number of hydrogen-bond donors (Lipinski definition) is 1. The molecule has 7 heteroatoms. The second-order valence-electron chi connectivity index (χ2n) is 5.05. The molecule has 118 valence electrons. The van der Waals surface area contributed by atoms with E-state index in [-0.39, 0.29) is 24.0 Å². The van der Waals surface area contributed by atoms with E-state index in [9.17, 15) is 9.18 Å². The smallest absolute Gasteiger partial charge is 0.272 e. The molecule has 0 radical (unpaired) electrons. The Bertz CT molecular complexity index is 817. The highest BCUT2D eigenvalue weighted by Gasteiger charge is 2.12. The average molecular weight is 314 g/mol. The third kappa shape index (κ3) is 3.28. The molecule has 0 saturated heterocycles. The van der Waals surface area contributed by atoms with Crippen LogP contribution in [0, 0.1) is 19.7 Å². The Morgan fingerprint density at radius 2 is 2.00 bits per heavy atom. The standard InChI is InChI=1S/C16H15FN4O2/c1-10-11(2)23-15(19-10)9-18-16(22)14-7-8-21(20-14)13-5-3-12(17)4-6-13/h3-8H,9H2,1-2H3,(H,18,22). The van der Waals surface area contributed by atoms with Gasteiger partial charge in [0.25, 0.3) is 5.91 Å². The number of aromatic nitrogens is 3. The van der Waals surface area contributed by atoms with Gasteiger partial charge in [0, 0.05) is 6.20 Å². The molecule has 3 aromatic rings. The number of halogens is 1. The van der Waals surface area contributed by atoms with Crippen LogP contribution in [0.25, 0.3) is 5.69 Å². The number of oxazole rings is 1. The van der Waals surface area contributed by atoms with Gasteiger partial charge < -0.3 is 9.73 Å². The Hall–Kier alpha value is -2.96. The molecule has 1 aromatic carbocycles. The zero-order valence-electron chi connectivity index (χ0n) is 12.7. The monoisotopic (exact) mass is 314 g/mol. The van der Waals surface area contributed by atoms with Crippen molar-refractivity contribution in [2.45, 2.75) is 20.4 Å². The maximum absolute atomic E-state index is 12.9. The lowest BCUT2D eigenvalue weighted by molar-refractivity contribution is 0.0941. The van der Waals surface area contributed by atoms with Crippen LogP contribution in [0.5, 0.6) is 0 Å². The van der Waals surface area contributed by atoms with Gasteiger partial charge in [-0.15, -0.1) is 0 Å². The Balaban J connectivity index is 1.67. The Labute approximate surface area is 132 Å². The van der Waals surface area contributed by atoms with Gasteiger partial charge in [-0.2, -0.15) is 5.10 Å². The molecule has 6 nitrogen and oxygen atoms in total. The molecule has 1 amide bonds. The lowest BCUT2D eigenvalue weighted by Crippen LogP contribution is -2.23. The first-order valence-corrected chi connectivity index (χ1v) is 7.05. The molecule has 0 aliphatic rings. The third-order valence-corrected chi connectivity index (χ3v) is 3.39. The summed E-state index contributed by atoms with van der Waals surface area (Å²) in [5.41, 5.74) is 1.73. The maximum Gasteiger partial charge on any atom is 0.272 e. The summed E-state index contributed by atoms with van der Waals surface area (Å²) in [5, 5.41) is 6.87. The molecule has 0 fully saturated rings. The number of amides is 1. The molecule has 1 N–H and O–H groups in total. The summed E-state index contributed by atoms with van der Waals surface area (Å²) in [6.45, 7) is 3.85. The molecule has 0 bridgehead atoms. The fraction of sp³-hybridized carbons (Fsp3) is 0.188. The van der Waals surface area contributed by atoms with Crippen molar-refractivity contribution < 1.29 is 13.6 Å². The minimum atomic E-state index is -0.334. The van der Waals surface area contributed by atoms with E-state index in [1.165, 1.54) is 16.8 Å². The van der Waals surface area contributed by atoms with Gasteiger partial charge in [-0.05, 0) is 44.2 Å². The predicted octanol–water partition coefficient (Wildman–Crippen LogP) is 2.55. The van der Waals surface area contributed by atoms with Gasteiger partial charge >= 0.3 is 0 Å². The van der Waals surface area contributed by atoms with Crippen LogP contribution >= 0.6 is 0 Å². The molecule has 23 heavy (non-hydrogen) atoms. The number of benzene rings is 1. The van der Waals surface area contributed by atoms with Crippen LogP contribution in [0.4, 0.5) is 4.39 Å². The van der Waals surface area contributed by atoms with E-state index in [0.29, 0.717) is 11.6 Å². The van der Waals surface area contributed by atoms with Crippen LogP contribution in [-0.4, -0.2) is 20.7 Å². The predicted molar refractivity (Wildman–Crippen MR) is 80.7 cm³/mol. The highest BCUT2D eigenvalue weighted by atomic mass is 19.1. The molecule has 0 aliphatic heterocycles. The lowest BCUT2D eigenvalue weighted by atomic mass is 10.3. The number of carbonyl (C=O) groups excluding carboxylic acids is 1. The van der Waals surface area contributed by atoms with E-state index in [0.717, 1.165) is 11.5 Å². The number of carbonyl (C=O) groups is 1. The first kappa shape index (κ1) is 15.0. The van der Waals surface area contributed by atoms with Crippen molar-refractivity contribution >= 4 is 5.91 Å². The highest BCUT2D eigenvalue weighted by Crippen LogP contribution is 2.10. The molecule has 0 unspecified atom stereocenters. The summed E-state index contributed by atoms with van der Waals surface area (Å²) in [7, 11) is 0. The number of rotatable bonds is 4. The normalized spacial score (nSPS) is 10.7. The molecule has 0 atom stereocenters. The fourth-order valence-electron chi connectivity index (χ4n) is 2.04. The number of nitrogens with one attached hydrogen (secondary N) is 1. The van der Waals surface area contributed by atoms with Crippen LogP contribution in [0.3, 0.4) is 0 Å². The Morgan fingerprint density at radius 1 is 1.26 bits per heavy atom. The van der Waals surface area contributed by atoms with Gasteiger partial charge in [0.15, 0.2) is 5.69 Å². The molecule has 0 spiro atoms. The van der Waals surface area contributed by atoms with E-state index in [1.807, 2.05) is 13.8 Å². The van der Waals surface area contributed by atoms with Gasteiger partial charge in [0.05, 0.1) is 17.9 Å². The summed E-state index contributed by atoms with van der Waals surface area (Å²) in [6, 6.07) is 7.43. The lowest BCUT2D eigenvalue weighted by Gasteiger charge is -2.01. The molecular formula is C16H15FN4O2. The van der Waals surface area contributed by atoms with Crippen molar-refractivity contribution in [3.05, 3.63) is 65.4 Å². The van der Waals surface area contributed by atoms with Gasteiger partial charge in [-0.3, -0.25) is 4.79 Å². The zero-order valence-corrected chi connectivity index (χ0v) is 12.7. The molecule has 2 heterocycles. The van der Waals surface area contributed by atoms with Crippen LogP contribution in [-0.2, 0) is 6.54 Å². The van der Waals surface area contributed by atoms with Crippen LogP contribution in [0.2, 0.25) is 0 Å². The molecule has 0 aliphatic carbocycles. The summed E-state index contributed by atoms with van der Waals surface area (Å²) in [4.78, 5) is 16.3. The van der Waals surface area contributed by atoms with Gasteiger partial charge in [-0.25, -0.2) is 14.1 Å². The molecule has 0 saturated carbocycles.